The minimum atomic E-state index is -0.00273. The molecular weight excluding hydrogens is 124 g/mol. The fourth-order valence-corrected chi connectivity index (χ4v) is 0.257. The molecule has 0 aromatic carbocycles. The summed E-state index contributed by atoms with van der Waals surface area (Å²) in [6, 6.07) is 0. The Hall–Kier alpha value is -1.62. The van der Waals surface area contributed by atoms with Crippen LogP contribution < -0.4 is 0 Å². The topological polar surface area (TPSA) is 20.2 Å². The number of hydrogen-bond donors (Lipinski definition) is 1. The normalized spacial score (nSPS) is 6.80. The van der Waals surface area contributed by atoms with Crippen LogP contribution in [-0.2, 0) is 0 Å². The van der Waals surface area contributed by atoms with Crippen molar-refractivity contribution in [1.29, 1.82) is 0 Å². The van der Waals surface area contributed by atoms with Gasteiger partial charge in [-0.25, -0.2) is 0 Å². The molecule has 1 N–H and O–H groups in total. The summed E-state index contributed by atoms with van der Waals surface area (Å²) in [4.78, 5) is 0. The third-order valence-corrected chi connectivity index (χ3v) is 0.576. The lowest BCUT2D eigenvalue weighted by Crippen LogP contribution is -1.67. The van der Waals surface area contributed by atoms with Gasteiger partial charge in [-0.1, -0.05) is 12.0 Å². The van der Waals surface area contributed by atoms with E-state index in [1.807, 2.05) is 0 Å². The molecule has 0 radical (unpaired) electrons. The average Bonchev–Trinajstić information content (AvgIpc) is 1.97. The first-order chi connectivity index (χ1) is 4.91. The van der Waals surface area contributed by atoms with Crippen LogP contribution >= 0.6 is 0 Å². The molecule has 0 heterocycles. The van der Waals surface area contributed by atoms with E-state index in [4.69, 9.17) is 11.5 Å². The van der Waals surface area contributed by atoms with Crippen molar-refractivity contribution in [3.63, 3.8) is 0 Å². The zero-order valence-electron chi connectivity index (χ0n) is 5.39. The van der Waals surface area contributed by atoms with Crippen molar-refractivity contribution in [1.82, 2.24) is 0 Å². The van der Waals surface area contributed by atoms with E-state index >= 15 is 0 Å². The van der Waals surface area contributed by atoms with E-state index in [1.165, 1.54) is 12.2 Å². The number of rotatable bonds is 1. The maximum atomic E-state index is 8.25. The molecule has 1 nitrogen and oxygen atoms in total. The Kier molecular flexibility index (Phi) is 6.18. The zero-order valence-corrected chi connectivity index (χ0v) is 5.39. The number of aliphatic hydroxyl groups excluding tert-OH is 1. The van der Waals surface area contributed by atoms with Gasteiger partial charge in [0.2, 0.25) is 0 Å². The van der Waals surface area contributed by atoms with Crippen molar-refractivity contribution < 1.29 is 5.11 Å². The highest BCUT2D eigenvalue weighted by atomic mass is 16.2. The van der Waals surface area contributed by atoms with E-state index in [1.54, 1.807) is 0 Å². The molecule has 0 aromatic rings. The van der Waals surface area contributed by atoms with Crippen molar-refractivity contribution in [3.8, 4) is 36.0 Å². The van der Waals surface area contributed by atoms with Crippen LogP contribution in [-0.4, -0.2) is 11.7 Å². The van der Waals surface area contributed by atoms with Crippen molar-refractivity contribution in [2.45, 2.75) is 0 Å². The molecule has 0 aliphatic rings. The molecule has 0 rings (SSSR count). The Balaban J connectivity index is 3.73. The molecule has 0 atom stereocenters. The van der Waals surface area contributed by atoms with Crippen LogP contribution in [0, 0.1) is 36.0 Å². The summed E-state index contributed by atoms with van der Waals surface area (Å²) in [7, 11) is 0. The lowest BCUT2D eigenvalue weighted by atomic mass is 10.5. The monoisotopic (exact) mass is 130 g/mol. The molecule has 1 heteroatoms. The molecule has 0 amide bonds. The Bertz CT molecular complexity index is 257. The second-order valence-corrected chi connectivity index (χ2v) is 1.25. The standard InChI is InChI=1S/C9H6O/c1-2-3-4-5-6-7-8-9-10/h1,7-8,10H,9H2/b8-7+. The van der Waals surface area contributed by atoms with E-state index in [0.717, 1.165) is 0 Å². The van der Waals surface area contributed by atoms with Gasteiger partial charge in [-0.3, -0.25) is 0 Å². The van der Waals surface area contributed by atoms with Crippen LogP contribution in [0.15, 0.2) is 12.2 Å². The second-order valence-electron chi connectivity index (χ2n) is 1.25. The second kappa shape index (κ2) is 7.38. The Morgan fingerprint density at radius 1 is 1.30 bits per heavy atom. The van der Waals surface area contributed by atoms with E-state index < -0.39 is 0 Å². The van der Waals surface area contributed by atoms with Gasteiger partial charge >= 0.3 is 0 Å². The number of allylic oxidation sites excluding steroid dienone is 1. The minimum Gasteiger partial charge on any atom is -0.392 e. The first-order valence-corrected chi connectivity index (χ1v) is 2.64. The first kappa shape index (κ1) is 8.38. The van der Waals surface area contributed by atoms with Crippen LogP contribution in [0.1, 0.15) is 0 Å². The molecule has 48 valence electrons. The number of hydrogen-bond acceptors (Lipinski definition) is 1. The lowest BCUT2D eigenvalue weighted by molar-refractivity contribution is 0.343. The SMILES string of the molecule is C#CC#CC#C/C=C/CO. The quantitative estimate of drug-likeness (QED) is 0.502. The summed E-state index contributed by atoms with van der Waals surface area (Å²) < 4.78 is 0. The third kappa shape index (κ3) is 6.38. The van der Waals surface area contributed by atoms with Crippen LogP contribution in [0.5, 0.6) is 0 Å². The highest BCUT2D eigenvalue weighted by Gasteiger charge is 1.59. The molecule has 0 spiro atoms. The predicted octanol–water partition coefficient (Wildman–Crippen LogP) is 0.175. The van der Waals surface area contributed by atoms with Crippen molar-refractivity contribution in [3.05, 3.63) is 12.2 Å². The van der Waals surface area contributed by atoms with Gasteiger partial charge in [0.15, 0.2) is 0 Å². The number of terminal acetylenes is 1. The van der Waals surface area contributed by atoms with Gasteiger partial charge in [0.25, 0.3) is 0 Å². The average molecular weight is 130 g/mol. The summed E-state index contributed by atoms with van der Waals surface area (Å²) in [5.74, 6) is 11.9. The Labute approximate surface area is 60.8 Å². The smallest absolute Gasteiger partial charge is 0.0621 e. The van der Waals surface area contributed by atoms with Gasteiger partial charge in [-0.2, -0.15) is 0 Å². The van der Waals surface area contributed by atoms with Crippen LogP contribution in [0.2, 0.25) is 0 Å². The Morgan fingerprint density at radius 2 is 2.10 bits per heavy atom. The van der Waals surface area contributed by atoms with E-state index in [9.17, 15) is 0 Å². The van der Waals surface area contributed by atoms with E-state index in [0.29, 0.717) is 0 Å². The molecule has 0 saturated heterocycles. The predicted molar refractivity (Wildman–Crippen MR) is 40.6 cm³/mol. The molecule has 10 heavy (non-hydrogen) atoms. The molecule has 0 saturated carbocycles. The summed E-state index contributed by atoms with van der Waals surface area (Å²) >= 11 is 0. The summed E-state index contributed by atoms with van der Waals surface area (Å²) in [6.07, 6.45) is 7.86. The van der Waals surface area contributed by atoms with E-state index in [2.05, 4.69) is 29.6 Å². The minimum absolute atomic E-state index is 0.00273. The molecule has 0 aromatic heterocycles. The summed E-state index contributed by atoms with van der Waals surface area (Å²) in [5, 5.41) is 8.25. The maximum absolute atomic E-state index is 8.25. The fourth-order valence-electron chi connectivity index (χ4n) is 0.257. The van der Waals surface area contributed by atoms with Crippen LogP contribution in [0.3, 0.4) is 0 Å². The van der Waals surface area contributed by atoms with Gasteiger partial charge in [-0.15, -0.1) is 6.42 Å². The highest BCUT2D eigenvalue weighted by Crippen LogP contribution is 1.64. The van der Waals surface area contributed by atoms with Gasteiger partial charge < -0.3 is 5.11 Å². The molecule has 0 unspecified atom stereocenters. The zero-order chi connectivity index (χ0) is 7.66. The van der Waals surface area contributed by atoms with Crippen molar-refractivity contribution >= 4 is 0 Å². The van der Waals surface area contributed by atoms with Gasteiger partial charge in [0, 0.05) is 0 Å². The molecule has 0 bridgehead atoms. The van der Waals surface area contributed by atoms with Crippen LogP contribution in [0.25, 0.3) is 0 Å². The van der Waals surface area contributed by atoms with Crippen LogP contribution in [0.4, 0.5) is 0 Å². The molecule has 0 fully saturated rings. The van der Waals surface area contributed by atoms with E-state index in [-0.39, 0.29) is 6.61 Å². The molecular formula is C9H6O. The Morgan fingerprint density at radius 3 is 2.70 bits per heavy atom. The van der Waals surface area contributed by atoms with Crippen molar-refractivity contribution in [2.75, 3.05) is 6.61 Å². The summed E-state index contributed by atoms with van der Waals surface area (Å²) in [5.41, 5.74) is 0. The molecule has 0 aliphatic carbocycles. The molecule has 0 aliphatic heterocycles. The summed E-state index contributed by atoms with van der Waals surface area (Å²) in [6.45, 7) is -0.00273. The highest BCUT2D eigenvalue weighted by molar-refractivity contribution is 5.36. The third-order valence-electron chi connectivity index (χ3n) is 0.576. The van der Waals surface area contributed by atoms with Gasteiger partial charge in [-0.05, 0) is 29.8 Å². The lowest BCUT2D eigenvalue weighted by Gasteiger charge is -1.67. The van der Waals surface area contributed by atoms with Gasteiger partial charge in [0.1, 0.15) is 0 Å². The maximum Gasteiger partial charge on any atom is 0.0621 e. The fraction of sp³-hybridized carbons (Fsp3) is 0.111. The number of aliphatic hydroxyl groups is 1. The van der Waals surface area contributed by atoms with Gasteiger partial charge in [0.05, 0.1) is 6.61 Å². The largest absolute Gasteiger partial charge is 0.392 e. The first-order valence-electron chi connectivity index (χ1n) is 2.64. The van der Waals surface area contributed by atoms with Crippen molar-refractivity contribution in [2.24, 2.45) is 0 Å².